The maximum absolute atomic E-state index is 14.8. The third kappa shape index (κ3) is 6.02. The lowest BCUT2D eigenvalue weighted by molar-refractivity contribution is -0.202. The van der Waals surface area contributed by atoms with Crippen molar-refractivity contribution in [3.8, 4) is 11.5 Å². The number of hydrogen-bond donors (Lipinski definition) is 3. The van der Waals surface area contributed by atoms with E-state index in [1.807, 2.05) is 0 Å². The van der Waals surface area contributed by atoms with Gasteiger partial charge in [-0.2, -0.15) is 13.2 Å². The second kappa shape index (κ2) is 11.3. The van der Waals surface area contributed by atoms with Crippen LogP contribution in [0.1, 0.15) is 42.6 Å². The van der Waals surface area contributed by atoms with Crippen LogP contribution in [-0.4, -0.2) is 67.0 Å². The first-order valence-electron chi connectivity index (χ1n) is 13.7. The Bertz CT molecular complexity index is 1390. The van der Waals surface area contributed by atoms with E-state index in [0.717, 1.165) is 19.8 Å². The minimum Gasteiger partial charge on any atom is -0.487 e. The molecule has 1 saturated carbocycles. The SMILES string of the molecule is CC1(N)COC2C(c3ccc(F)cc3)=NC(C(C)(CNC(=O)c3ccc(OC4CC4)c(OCCO)c3)C(F)(F)F)=CC21. The number of hydrogen-bond acceptors (Lipinski definition) is 7. The van der Waals surface area contributed by atoms with Gasteiger partial charge in [-0.1, -0.05) is 18.2 Å². The predicted octanol–water partition coefficient (Wildman–Crippen LogP) is 4.16. The predicted molar refractivity (Wildman–Crippen MR) is 146 cm³/mol. The summed E-state index contributed by atoms with van der Waals surface area (Å²) in [7, 11) is 0. The highest BCUT2D eigenvalue weighted by Crippen LogP contribution is 2.48. The summed E-state index contributed by atoms with van der Waals surface area (Å²) in [5.74, 6) is -1.32. The van der Waals surface area contributed by atoms with Crippen LogP contribution in [0.15, 0.2) is 59.2 Å². The molecule has 12 heteroatoms. The van der Waals surface area contributed by atoms with Crippen molar-refractivity contribution in [2.24, 2.45) is 22.1 Å². The third-order valence-electron chi connectivity index (χ3n) is 7.82. The highest BCUT2D eigenvalue weighted by Gasteiger charge is 2.57. The molecular formula is C30H33F4N3O5. The summed E-state index contributed by atoms with van der Waals surface area (Å²) >= 11 is 0. The molecular weight excluding hydrogens is 558 g/mol. The van der Waals surface area contributed by atoms with Gasteiger partial charge in [0.15, 0.2) is 11.5 Å². The molecule has 1 aliphatic carbocycles. The molecule has 0 aromatic heterocycles. The highest BCUT2D eigenvalue weighted by molar-refractivity contribution is 6.05. The van der Waals surface area contributed by atoms with Gasteiger partial charge in [0.2, 0.25) is 0 Å². The maximum Gasteiger partial charge on any atom is 0.401 e. The molecule has 1 saturated heterocycles. The van der Waals surface area contributed by atoms with Crippen LogP contribution in [0.2, 0.25) is 0 Å². The fraction of sp³-hybridized carbons (Fsp3) is 0.467. The second-order valence-corrected chi connectivity index (χ2v) is 11.4. The molecule has 4 atom stereocenters. The molecule has 3 aliphatic rings. The molecule has 4 unspecified atom stereocenters. The first-order chi connectivity index (χ1) is 19.8. The number of nitrogens with one attached hydrogen (secondary N) is 1. The molecule has 4 N–H and O–H groups in total. The lowest BCUT2D eigenvalue weighted by Gasteiger charge is -2.38. The smallest absolute Gasteiger partial charge is 0.401 e. The van der Waals surface area contributed by atoms with E-state index in [1.165, 1.54) is 48.5 Å². The van der Waals surface area contributed by atoms with E-state index >= 15 is 0 Å². The van der Waals surface area contributed by atoms with E-state index in [9.17, 15) is 22.4 Å². The first kappa shape index (κ1) is 30.0. The monoisotopic (exact) mass is 591 g/mol. The zero-order valence-electron chi connectivity index (χ0n) is 23.2. The Hall–Kier alpha value is -3.48. The first-order valence-corrected chi connectivity index (χ1v) is 13.7. The number of ether oxygens (including phenoxy) is 3. The van der Waals surface area contributed by atoms with Crippen molar-refractivity contribution < 1.29 is 41.7 Å². The number of aliphatic imine (C=N–C) groups is 1. The molecule has 2 fully saturated rings. The summed E-state index contributed by atoms with van der Waals surface area (Å²) in [6.07, 6.45) is -2.34. The number of rotatable bonds is 10. The Labute approximate surface area is 240 Å². The molecule has 0 spiro atoms. The second-order valence-electron chi connectivity index (χ2n) is 11.4. The summed E-state index contributed by atoms with van der Waals surface area (Å²) in [5, 5.41) is 11.6. The molecule has 2 aromatic carbocycles. The number of nitrogens with zero attached hydrogens (tertiary/aromatic N) is 1. The van der Waals surface area contributed by atoms with Crippen molar-refractivity contribution >= 4 is 11.6 Å². The largest absolute Gasteiger partial charge is 0.487 e. The molecule has 2 aromatic rings. The number of amides is 1. The minimum absolute atomic E-state index is 0.0398. The van der Waals surface area contributed by atoms with Crippen molar-refractivity contribution in [2.75, 3.05) is 26.4 Å². The molecule has 5 rings (SSSR count). The lowest BCUT2D eigenvalue weighted by Crippen LogP contribution is -2.50. The standard InChI is InChI=1S/C30H33F4N3O5/c1-28(30(32,33)34,15-36-27(39)18-5-10-22(42-20-8-9-20)23(13-18)40-12-11-38)24-14-21-26(41-16-29(21,2)35)25(37-24)17-3-6-19(31)7-4-17/h3-7,10,13-14,20-21,26,38H,8-9,11-12,15-16,35H2,1-2H3,(H,36,39). The van der Waals surface area contributed by atoms with Crippen LogP contribution in [0.25, 0.3) is 0 Å². The Balaban J connectivity index is 1.44. The lowest BCUT2D eigenvalue weighted by atomic mass is 9.75. The van der Waals surface area contributed by atoms with Gasteiger partial charge in [-0.3, -0.25) is 9.79 Å². The Morgan fingerprint density at radius 1 is 1.19 bits per heavy atom. The summed E-state index contributed by atoms with van der Waals surface area (Å²) in [5.41, 5.74) is 3.20. The highest BCUT2D eigenvalue weighted by atomic mass is 19.4. The van der Waals surface area contributed by atoms with Crippen LogP contribution in [0.3, 0.4) is 0 Å². The summed E-state index contributed by atoms with van der Waals surface area (Å²) in [4.78, 5) is 17.5. The van der Waals surface area contributed by atoms with Gasteiger partial charge in [0.05, 0.1) is 30.7 Å². The van der Waals surface area contributed by atoms with E-state index in [4.69, 9.17) is 25.1 Å². The Morgan fingerprint density at radius 2 is 1.90 bits per heavy atom. The Morgan fingerprint density at radius 3 is 2.55 bits per heavy atom. The summed E-state index contributed by atoms with van der Waals surface area (Å²) in [6, 6.07) is 9.60. The van der Waals surface area contributed by atoms with E-state index in [0.29, 0.717) is 11.3 Å². The van der Waals surface area contributed by atoms with E-state index < -0.39 is 47.4 Å². The van der Waals surface area contributed by atoms with Gasteiger partial charge in [-0.25, -0.2) is 4.39 Å². The number of nitrogens with two attached hydrogens (primary N) is 1. The molecule has 0 bridgehead atoms. The maximum atomic E-state index is 14.8. The van der Waals surface area contributed by atoms with E-state index in [1.54, 1.807) is 6.92 Å². The van der Waals surface area contributed by atoms with Crippen molar-refractivity contribution in [1.82, 2.24) is 5.32 Å². The van der Waals surface area contributed by atoms with Crippen molar-refractivity contribution in [3.63, 3.8) is 0 Å². The number of aliphatic hydroxyl groups excluding tert-OH is 1. The van der Waals surface area contributed by atoms with Gasteiger partial charge in [0.25, 0.3) is 5.91 Å². The van der Waals surface area contributed by atoms with Crippen LogP contribution >= 0.6 is 0 Å². The number of fused-ring (bicyclic) bond motifs is 1. The number of alkyl halides is 3. The van der Waals surface area contributed by atoms with Gasteiger partial charge >= 0.3 is 6.18 Å². The quantitative estimate of drug-likeness (QED) is 0.358. The fourth-order valence-corrected chi connectivity index (χ4v) is 4.97. The van der Waals surface area contributed by atoms with Crippen LogP contribution in [0.5, 0.6) is 11.5 Å². The average molecular weight is 592 g/mol. The van der Waals surface area contributed by atoms with Crippen LogP contribution in [0.4, 0.5) is 17.6 Å². The minimum atomic E-state index is -4.82. The number of aliphatic hydroxyl groups is 1. The molecule has 0 radical (unpaired) electrons. The zero-order valence-corrected chi connectivity index (χ0v) is 23.2. The molecule has 1 amide bonds. The zero-order chi connectivity index (χ0) is 30.3. The average Bonchev–Trinajstić information content (AvgIpc) is 3.72. The van der Waals surface area contributed by atoms with Gasteiger partial charge in [0, 0.05) is 23.6 Å². The van der Waals surface area contributed by atoms with Crippen molar-refractivity contribution in [3.05, 3.63) is 71.2 Å². The molecule has 2 heterocycles. The normalized spacial score (nSPS) is 25.1. The molecule has 42 heavy (non-hydrogen) atoms. The van der Waals surface area contributed by atoms with Crippen LogP contribution in [-0.2, 0) is 4.74 Å². The van der Waals surface area contributed by atoms with Crippen LogP contribution in [0, 0.1) is 17.2 Å². The number of benzene rings is 2. The van der Waals surface area contributed by atoms with Crippen LogP contribution < -0.4 is 20.5 Å². The van der Waals surface area contributed by atoms with Gasteiger partial charge in [-0.15, -0.1) is 0 Å². The third-order valence-corrected chi connectivity index (χ3v) is 7.82. The van der Waals surface area contributed by atoms with Gasteiger partial charge in [0.1, 0.15) is 23.9 Å². The summed E-state index contributed by atoms with van der Waals surface area (Å²) in [6.45, 7) is 1.61. The molecule has 2 aliphatic heterocycles. The number of carbonyl (C=O) groups is 1. The van der Waals surface area contributed by atoms with Crippen molar-refractivity contribution in [1.29, 1.82) is 0 Å². The summed E-state index contributed by atoms with van der Waals surface area (Å²) < 4.78 is 75.2. The topological polar surface area (TPSA) is 115 Å². The van der Waals surface area contributed by atoms with E-state index in [-0.39, 0.29) is 48.6 Å². The molecule has 8 nitrogen and oxygen atoms in total. The van der Waals surface area contributed by atoms with Gasteiger partial charge < -0.3 is 30.4 Å². The van der Waals surface area contributed by atoms with Crippen molar-refractivity contribution in [2.45, 2.75) is 50.6 Å². The fourth-order valence-electron chi connectivity index (χ4n) is 4.97. The molecule has 226 valence electrons. The van der Waals surface area contributed by atoms with Gasteiger partial charge in [-0.05, 0) is 62.6 Å². The Kier molecular flexibility index (Phi) is 8.08. The number of halogens is 4. The number of carbonyl (C=O) groups excluding carboxylic acids is 1. The van der Waals surface area contributed by atoms with E-state index in [2.05, 4.69) is 10.3 Å².